The molecule has 0 saturated carbocycles. The third-order valence-corrected chi connectivity index (χ3v) is 2.15. The van der Waals surface area contributed by atoms with Crippen LogP contribution in [-0.2, 0) is 4.74 Å². The Labute approximate surface area is 123 Å². The summed E-state index contributed by atoms with van der Waals surface area (Å²) in [5.41, 5.74) is -0.287. The van der Waals surface area contributed by atoms with Crippen molar-refractivity contribution in [3.05, 3.63) is 12.2 Å². The molecule has 118 valence electrons. The van der Waals surface area contributed by atoms with Gasteiger partial charge in [-0.25, -0.2) is 4.79 Å². The Balaban J connectivity index is 3.47. The fraction of sp³-hybridized carbons (Fsp3) is 0.800. The van der Waals surface area contributed by atoms with Crippen molar-refractivity contribution in [2.75, 3.05) is 26.2 Å². The number of hydrogen-bond acceptors (Lipinski definition) is 4. The molecule has 0 bridgehead atoms. The maximum atomic E-state index is 11.3. The van der Waals surface area contributed by atoms with E-state index in [2.05, 4.69) is 36.7 Å². The van der Waals surface area contributed by atoms with Crippen LogP contribution in [0.1, 0.15) is 41.5 Å². The highest BCUT2D eigenvalue weighted by Gasteiger charge is 2.14. The third kappa shape index (κ3) is 15.0. The molecule has 0 spiro atoms. The summed E-state index contributed by atoms with van der Waals surface area (Å²) in [7, 11) is 0. The zero-order chi connectivity index (χ0) is 15.6. The van der Waals surface area contributed by atoms with E-state index in [1.807, 2.05) is 32.9 Å². The van der Waals surface area contributed by atoms with Crippen LogP contribution in [0.2, 0.25) is 0 Å². The minimum Gasteiger partial charge on any atom is -0.444 e. The number of nitrogens with one attached hydrogen (secondary N) is 3. The zero-order valence-corrected chi connectivity index (χ0v) is 13.8. The molecule has 20 heavy (non-hydrogen) atoms. The average molecular weight is 285 g/mol. The van der Waals surface area contributed by atoms with Crippen LogP contribution in [0.25, 0.3) is 0 Å². The van der Waals surface area contributed by atoms with E-state index < -0.39 is 5.60 Å². The Morgan fingerprint density at radius 2 is 1.60 bits per heavy atom. The average Bonchev–Trinajstić information content (AvgIpc) is 2.22. The third-order valence-electron chi connectivity index (χ3n) is 2.15. The molecule has 0 saturated heterocycles. The van der Waals surface area contributed by atoms with Gasteiger partial charge in [0.2, 0.25) is 0 Å². The number of alkyl carbamates (subject to hydrolysis) is 1. The Kier molecular flexibility index (Phi) is 8.49. The first kappa shape index (κ1) is 18.9. The molecule has 3 N–H and O–H groups in total. The van der Waals surface area contributed by atoms with Gasteiger partial charge in [0, 0.05) is 31.7 Å². The van der Waals surface area contributed by atoms with Crippen LogP contribution in [0.4, 0.5) is 4.79 Å². The number of rotatable bonds is 7. The molecular formula is C15H31N3O2. The highest BCUT2D eigenvalue weighted by atomic mass is 16.6. The summed E-state index contributed by atoms with van der Waals surface area (Å²) in [6.07, 6.45) is 3.52. The summed E-state index contributed by atoms with van der Waals surface area (Å²) >= 11 is 0. The van der Waals surface area contributed by atoms with E-state index in [0.717, 1.165) is 19.6 Å². The second kappa shape index (κ2) is 8.97. The second-order valence-electron chi connectivity index (χ2n) is 6.74. The van der Waals surface area contributed by atoms with Crippen LogP contribution in [0.3, 0.4) is 0 Å². The first-order valence-corrected chi connectivity index (χ1v) is 7.18. The maximum absolute atomic E-state index is 11.3. The molecule has 0 aromatic heterocycles. The highest BCUT2D eigenvalue weighted by molar-refractivity contribution is 5.67. The van der Waals surface area contributed by atoms with Gasteiger partial charge in [-0.05, 0) is 41.5 Å². The van der Waals surface area contributed by atoms with Gasteiger partial charge in [-0.2, -0.15) is 0 Å². The zero-order valence-electron chi connectivity index (χ0n) is 13.8. The lowest BCUT2D eigenvalue weighted by Crippen LogP contribution is -2.40. The van der Waals surface area contributed by atoms with Crippen LogP contribution >= 0.6 is 0 Å². The molecule has 0 radical (unpaired) electrons. The molecule has 0 aliphatic carbocycles. The number of ether oxygens (including phenoxy) is 1. The van der Waals surface area contributed by atoms with Crippen molar-refractivity contribution in [2.45, 2.75) is 52.7 Å². The van der Waals surface area contributed by atoms with Gasteiger partial charge in [0.1, 0.15) is 5.60 Å². The Morgan fingerprint density at radius 3 is 2.15 bits per heavy atom. The van der Waals surface area contributed by atoms with Gasteiger partial charge in [0.05, 0.1) is 0 Å². The molecular weight excluding hydrogens is 254 g/mol. The molecule has 0 aliphatic heterocycles. The number of carbonyl (C=O) groups is 1. The van der Waals surface area contributed by atoms with Gasteiger partial charge in [-0.15, -0.1) is 0 Å². The summed E-state index contributed by atoms with van der Waals surface area (Å²) in [5, 5.41) is 9.36. The Bertz CT molecular complexity index is 301. The minimum atomic E-state index is -0.449. The molecule has 1 amide bonds. The predicted molar refractivity (Wildman–Crippen MR) is 84.0 cm³/mol. The lowest BCUT2D eigenvalue weighted by molar-refractivity contribution is 0.0534. The largest absolute Gasteiger partial charge is 0.444 e. The van der Waals surface area contributed by atoms with Crippen molar-refractivity contribution in [3.63, 3.8) is 0 Å². The summed E-state index contributed by atoms with van der Waals surface area (Å²) in [4.78, 5) is 11.3. The van der Waals surface area contributed by atoms with Crippen molar-refractivity contribution in [3.8, 4) is 0 Å². The fourth-order valence-corrected chi connectivity index (χ4v) is 1.33. The molecule has 0 aromatic carbocycles. The molecule has 0 aliphatic rings. The molecule has 0 heterocycles. The van der Waals surface area contributed by atoms with Crippen LogP contribution in [0, 0.1) is 0 Å². The van der Waals surface area contributed by atoms with Crippen LogP contribution in [-0.4, -0.2) is 43.4 Å². The van der Waals surface area contributed by atoms with Gasteiger partial charge in [0.25, 0.3) is 0 Å². The molecule has 0 atom stereocenters. The van der Waals surface area contributed by atoms with Crippen LogP contribution in [0.5, 0.6) is 0 Å². The molecule has 0 rings (SSSR count). The molecule has 5 heteroatoms. The first-order valence-electron chi connectivity index (χ1n) is 7.18. The quantitative estimate of drug-likeness (QED) is 0.495. The minimum absolute atomic E-state index is 0.162. The standard InChI is InChI=1S/C15H31N3O2/c1-14(2,3)18-12-11-16-9-7-8-10-17-13(19)20-15(4,5)6/h7-8,16,18H,9-12H2,1-6H3,(H,17,19)/b8-7+. The first-order chi connectivity index (χ1) is 9.10. The van der Waals surface area contributed by atoms with Gasteiger partial charge in [-0.3, -0.25) is 0 Å². The van der Waals surface area contributed by atoms with Gasteiger partial charge >= 0.3 is 6.09 Å². The lowest BCUT2D eigenvalue weighted by atomic mass is 10.1. The lowest BCUT2D eigenvalue weighted by Gasteiger charge is -2.20. The topological polar surface area (TPSA) is 62.4 Å². The van der Waals surface area contributed by atoms with Gasteiger partial charge in [0.15, 0.2) is 0 Å². The van der Waals surface area contributed by atoms with E-state index in [9.17, 15) is 4.79 Å². The van der Waals surface area contributed by atoms with Crippen LogP contribution < -0.4 is 16.0 Å². The Morgan fingerprint density at radius 1 is 1.00 bits per heavy atom. The summed E-state index contributed by atoms with van der Waals surface area (Å²) in [6, 6.07) is 0. The summed E-state index contributed by atoms with van der Waals surface area (Å²) in [6.45, 7) is 15.1. The molecule has 5 nitrogen and oxygen atoms in total. The van der Waals surface area contributed by atoms with Crippen molar-refractivity contribution in [1.82, 2.24) is 16.0 Å². The van der Waals surface area contributed by atoms with Crippen molar-refractivity contribution < 1.29 is 9.53 Å². The van der Waals surface area contributed by atoms with E-state index in [1.54, 1.807) is 0 Å². The van der Waals surface area contributed by atoms with Crippen molar-refractivity contribution >= 4 is 6.09 Å². The molecule has 0 unspecified atom stereocenters. The fourth-order valence-electron chi connectivity index (χ4n) is 1.33. The molecule has 0 aromatic rings. The van der Waals surface area contributed by atoms with Gasteiger partial charge < -0.3 is 20.7 Å². The number of carbonyl (C=O) groups excluding carboxylic acids is 1. The smallest absolute Gasteiger partial charge is 0.407 e. The SMILES string of the molecule is CC(C)(C)NCCNC/C=C/CNC(=O)OC(C)(C)C. The van der Waals surface area contributed by atoms with Gasteiger partial charge in [-0.1, -0.05) is 12.2 Å². The predicted octanol–water partition coefficient (Wildman–Crippen LogP) is 2.04. The van der Waals surface area contributed by atoms with E-state index in [1.165, 1.54) is 0 Å². The normalized spacial score (nSPS) is 12.7. The van der Waals surface area contributed by atoms with E-state index >= 15 is 0 Å². The summed E-state index contributed by atoms with van der Waals surface area (Å²) < 4.78 is 5.12. The summed E-state index contributed by atoms with van der Waals surface area (Å²) in [5.74, 6) is 0. The Hall–Kier alpha value is -1.07. The monoisotopic (exact) mass is 285 g/mol. The number of hydrogen-bond donors (Lipinski definition) is 3. The second-order valence-corrected chi connectivity index (χ2v) is 6.74. The van der Waals surface area contributed by atoms with Crippen molar-refractivity contribution in [1.29, 1.82) is 0 Å². The molecule has 0 fully saturated rings. The van der Waals surface area contributed by atoms with Crippen molar-refractivity contribution in [2.24, 2.45) is 0 Å². The van der Waals surface area contributed by atoms with E-state index in [4.69, 9.17) is 4.74 Å². The number of amides is 1. The van der Waals surface area contributed by atoms with Crippen LogP contribution in [0.15, 0.2) is 12.2 Å². The van der Waals surface area contributed by atoms with E-state index in [-0.39, 0.29) is 11.6 Å². The maximum Gasteiger partial charge on any atom is 0.407 e. The van der Waals surface area contributed by atoms with E-state index in [0.29, 0.717) is 6.54 Å². The highest BCUT2D eigenvalue weighted by Crippen LogP contribution is 2.05.